The number of hydrogen-bond donors (Lipinski definition) is 3. The smallest absolute Gasteiger partial charge is 0.319 e. The van der Waals surface area contributed by atoms with Crippen molar-refractivity contribution in [2.24, 2.45) is 11.3 Å². The number of anilines is 1. The Bertz CT molecular complexity index is 538. The molecule has 1 rings (SSSR count). The summed E-state index contributed by atoms with van der Waals surface area (Å²) in [6, 6.07) is 6.42. The molecule has 1 unspecified atom stereocenters. The molecule has 1 aromatic carbocycles. The van der Waals surface area contributed by atoms with Gasteiger partial charge in [-0.05, 0) is 25.0 Å². The largest absolute Gasteiger partial charge is 0.392 e. The summed E-state index contributed by atoms with van der Waals surface area (Å²) in [4.78, 5) is 23.3. The van der Waals surface area contributed by atoms with Crippen LogP contribution in [0, 0.1) is 11.3 Å². The zero-order valence-electron chi connectivity index (χ0n) is 13.9. The van der Waals surface area contributed by atoms with Gasteiger partial charge < -0.3 is 15.7 Å². The van der Waals surface area contributed by atoms with E-state index >= 15 is 0 Å². The summed E-state index contributed by atoms with van der Waals surface area (Å²) in [5.74, 6) is 0.0670. The Kier molecular flexibility index (Phi) is 6.11. The second-order valence-electron chi connectivity index (χ2n) is 6.62. The van der Waals surface area contributed by atoms with Gasteiger partial charge in [0.15, 0.2) is 5.78 Å². The van der Waals surface area contributed by atoms with E-state index in [9.17, 15) is 14.7 Å². The number of aliphatic hydroxyl groups is 1. The normalized spacial score (nSPS) is 12.9. The van der Waals surface area contributed by atoms with Crippen molar-refractivity contribution in [3.8, 4) is 0 Å². The molecule has 0 radical (unpaired) electrons. The maximum absolute atomic E-state index is 11.9. The summed E-state index contributed by atoms with van der Waals surface area (Å²) in [5.41, 5.74) is 0.688. The van der Waals surface area contributed by atoms with Crippen LogP contribution in [0.5, 0.6) is 0 Å². The molecule has 3 N–H and O–H groups in total. The molecule has 0 spiro atoms. The van der Waals surface area contributed by atoms with E-state index in [1.165, 1.54) is 6.92 Å². The van der Waals surface area contributed by atoms with Gasteiger partial charge >= 0.3 is 6.03 Å². The number of urea groups is 1. The summed E-state index contributed by atoms with van der Waals surface area (Å²) in [6.45, 7) is 9.54. The van der Waals surface area contributed by atoms with Crippen LogP contribution in [0.2, 0.25) is 0 Å². The standard InChI is InChI=1S/C17H26N2O3/c1-11(2)15(21)17(4,5)10-18-16(22)19-14-8-6-7-13(9-14)12(3)20/h6-9,11,15,21H,10H2,1-5H3,(H2,18,19,22). The Balaban J connectivity index is 2.60. The zero-order chi connectivity index (χ0) is 16.9. The first-order valence-corrected chi connectivity index (χ1v) is 7.47. The third-order valence-electron chi connectivity index (χ3n) is 3.66. The second-order valence-corrected chi connectivity index (χ2v) is 6.62. The van der Waals surface area contributed by atoms with E-state index < -0.39 is 11.5 Å². The fourth-order valence-electron chi connectivity index (χ4n) is 2.31. The third kappa shape index (κ3) is 5.15. The highest BCUT2D eigenvalue weighted by molar-refractivity contribution is 5.96. The van der Waals surface area contributed by atoms with Gasteiger partial charge in [-0.25, -0.2) is 4.79 Å². The molecule has 1 aromatic rings. The Morgan fingerprint density at radius 1 is 1.27 bits per heavy atom. The first kappa shape index (κ1) is 18.2. The van der Waals surface area contributed by atoms with E-state index in [4.69, 9.17) is 0 Å². The van der Waals surface area contributed by atoms with E-state index in [1.807, 2.05) is 27.7 Å². The topological polar surface area (TPSA) is 78.4 Å². The fraction of sp³-hybridized carbons (Fsp3) is 0.529. The van der Waals surface area contributed by atoms with Crippen LogP contribution in [0.1, 0.15) is 45.0 Å². The number of hydrogen-bond acceptors (Lipinski definition) is 3. The lowest BCUT2D eigenvalue weighted by Gasteiger charge is -2.33. The minimum atomic E-state index is -0.506. The van der Waals surface area contributed by atoms with Crippen molar-refractivity contribution in [2.75, 3.05) is 11.9 Å². The highest BCUT2D eigenvalue weighted by atomic mass is 16.3. The highest BCUT2D eigenvalue weighted by Crippen LogP contribution is 2.25. The molecule has 0 saturated carbocycles. The molecule has 0 aliphatic heterocycles. The van der Waals surface area contributed by atoms with Crippen LogP contribution in [0.15, 0.2) is 24.3 Å². The van der Waals surface area contributed by atoms with Gasteiger partial charge in [0.1, 0.15) is 0 Å². The molecule has 5 nitrogen and oxygen atoms in total. The van der Waals surface area contributed by atoms with Gasteiger partial charge in [0, 0.05) is 23.2 Å². The average molecular weight is 306 g/mol. The number of nitrogens with one attached hydrogen (secondary N) is 2. The van der Waals surface area contributed by atoms with Crippen LogP contribution < -0.4 is 10.6 Å². The number of aliphatic hydroxyl groups excluding tert-OH is 1. The van der Waals surface area contributed by atoms with Gasteiger partial charge in [-0.15, -0.1) is 0 Å². The number of Topliss-reactive ketones (excluding diaryl/α,β-unsaturated/α-hetero) is 1. The van der Waals surface area contributed by atoms with Crippen molar-refractivity contribution in [3.63, 3.8) is 0 Å². The molecule has 0 saturated heterocycles. The van der Waals surface area contributed by atoms with Crippen LogP contribution in [-0.4, -0.2) is 29.6 Å². The fourth-order valence-corrected chi connectivity index (χ4v) is 2.31. The van der Waals surface area contributed by atoms with Crippen LogP contribution >= 0.6 is 0 Å². The predicted octanol–water partition coefficient (Wildman–Crippen LogP) is 3.05. The van der Waals surface area contributed by atoms with Crippen LogP contribution in [0.25, 0.3) is 0 Å². The second kappa shape index (κ2) is 7.40. The monoisotopic (exact) mass is 306 g/mol. The van der Waals surface area contributed by atoms with Gasteiger partial charge in [-0.3, -0.25) is 4.79 Å². The molecular formula is C17H26N2O3. The SMILES string of the molecule is CC(=O)c1cccc(NC(=O)NCC(C)(C)C(O)C(C)C)c1. The van der Waals surface area contributed by atoms with E-state index in [-0.39, 0.29) is 17.7 Å². The summed E-state index contributed by atoms with van der Waals surface area (Å²) < 4.78 is 0. The predicted molar refractivity (Wildman–Crippen MR) is 88.1 cm³/mol. The van der Waals surface area contributed by atoms with E-state index in [2.05, 4.69) is 10.6 Å². The van der Waals surface area contributed by atoms with E-state index in [0.29, 0.717) is 17.8 Å². The van der Waals surface area contributed by atoms with Crippen molar-refractivity contribution in [2.45, 2.75) is 40.7 Å². The first-order chi connectivity index (χ1) is 10.1. The molecule has 5 heteroatoms. The Labute approximate surface area is 132 Å². The van der Waals surface area contributed by atoms with Crippen molar-refractivity contribution in [1.29, 1.82) is 0 Å². The summed E-state index contributed by atoms with van der Waals surface area (Å²) in [6.07, 6.45) is -0.506. The number of ketones is 1. The Morgan fingerprint density at radius 2 is 1.91 bits per heavy atom. The lowest BCUT2D eigenvalue weighted by Crippen LogP contribution is -2.44. The molecule has 122 valence electrons. The Morgan fingerprint density at radius 3 is 2.45 bits per heavy atom. The molecule has 0 fully saturated rings. The lowest BCUT2D eigenvalue weighted by atomic mass is 9.81. The van der Waals surface area contributed by atoms with Gasteiger partial charge in [-0.2, -0.15) is 0 Å². The molecule has 2 amide bonds. The van der Waals surface area contributed by atoms with Crippen LogP contribution in [-0.2, 0) is 0 Å². The molecule has 0 bridgehead atoms. The maximum Gasteiger partial charge on any atom is 0.319 e. The number of carbonyl (C=O) groups excluding carboxylic acids is 2. The van der Waals surface area contributed by atoms with Crippen LogP contribution in [0.3, 0.4) is 0 Å². The third-order valence-corrected chi connectivity index (χ3v) is 3.66. The molecule has 22 heavy (non-hydrogen) atoms. The van der Waals surface area contributed by atoms with Crippen LogP contribution in [0.4, 0.5) is 10.5 Å². The molecular weight excluding hydrogens is 280 g/mol. The summed E-state index contributed by atoms with van der Waals surface area (Å²) in [5, 5.41) is 15.6. The summed E-state index contributed by atoms with van der Waals surface area (Å²) >= 11 is 0. The molecule has 1 atom stereocenters. The average Bonchev–Trinajstić information content (AvgIpc) is 2.44. The molecule has 0 aliphatic rings. The van der Waals surface area contributed by atoms with Crippen molar-refractivity contribution < 1.29 is 14.7 Å². The van der Waals surface area contributed by atoms with Gasteiger partial charge in [0.25, 0.3) is 0 Å². The highest BCUT2D eigenvalue weighted by Gasteiger charge is 2.30. The number of benzene rings is 1. The Hall–Kier alpha value is -1.88. The maximum atomic E-state index is 11.9. The van der Waals surface area contributed by atoms with Crippen molar-refractivity contribution >= 4 is 17.5 Å². The zero-order valence-corrected chi connectivity index (χ0v) is 13.9. The van der Waals surface area contributed by atoms with E-state index in [0.717, 1.165) is 0 Å². The molecule has 0 aliphatic carbocycles. The lowest BCUT2D eigenvalue weighted by molar-refractivity contribution is 0.0154. The first-order valence-electron chi connectivity index (χ1n) is 7.47. The quantitative estimate of drug-likeness (QED) is 0.707. The summed E-state index contributed by atoms with van der Waals surface area (Å²) in [7, 11) is 0. The van der Waals surface area contributed by atoms with Gasteiger partial charge in [-0.1, -0.05) is 39.8 Å². The van der Waals surface area contributed by atoms with Crippen molar-refractivity contribution in [3.05, 3.63) is 29.8 Å². The van der Waals surface area contributed by atoms with Crippen molar-refractivity contribution in [1.82, 2.24) is 5.32 Å². The molecule has 0 heterocycles. The minimum absolute atomic E-state index is 0.0507. The van der Waals surface area contributed by atoms with E-state index in [1.54, 1.807) is 24.3 Å². The minimum Gasteiger partial charge on any atom is -0.392 e. The van der Waals surface area contributed by atoms with Gasteiger partial charge in [0.05, 0.1) is 6.10 Å². The van der Waals surface area contributed by atoms with Gasteiger partial charge in [0.2, 0.25) is 0 Å². The molecule has 0 aromatic heterocycles. The number of amides is 2. The number of rotatable bonds is 6. The number of carbonyl (C=O) groups is 2.